The van der Waals surface area contributed by atoms with Crippen molar-refractivity contribution in [3.63, 3.8) is 0 Å². The molecule has 3 N–H and O–H groups in total. The molecule has 0 aromatic heterocycles. The molecule has 4 aliphatic rings. The Morgan fingerprint density at radius 3 is 1.95 bits per heavy atom. The number of carbonyl (C=O) groups excluding carboxylic acids is 5. The number of ether oxygens (including phenoxy) is 7. The summed E-state index contributed by atoms with van der Waals surface area (Å²) in [5.74, 6) is -4.92. The van der Waals surface area contributed by atoms with E-state index < -0.39 is 128 Å². The van der Waals surface area contributed by atoms with Crippen LogP contribution in [0.2, 0.25) is 0 Å². The van der Waals surface area contributed by atoms with Crippen LogP contribution < -0.4 is 0 Å². The summed E-state index contributed by atoms with van der Waals surface area (Å²) in [6.07, 6.45) is -14.9. The predicted octanol–water partition coefficient (Wildman–Crippen LogP) is 5.11. The molecule has 15 nitrogen and oxygen atoms in total. The maximum atomic E-state index is 15.6. The molecule has 5 rings (SSSR count). The molecule has 1 heterocycles. The van der Waals surface area contributed by atoms with Crippen LogP contribution in [0.5, 0.6) is 0 Å². The second-order valence-electron chi connectivity index (χ2n) is 14.7. The Balaban J connectivity index is 1.83. The third-order valence-electron chi connectivity index (χ3n) is 11.1. The molecule has 3 fully saturated rings. The molecule has 1 aliphatic heterocycles. The van der Waals surface area contributed by atoms with Crippen molar-refractivity contribution in [2.24, 2.45) is 16.7 Å². The van der Waals surface area contributed by atoms with Gasteiger partial charge in [0.2, 0.25) is 7.59 Å². The first-order valence-electron chi connectivity index (χ1n) is 16.9. The number of alkyl halides is 6. The molecule has 56 heavy (non-hydrogen) atoms. The van der Waals surface area contributed by atoms with Crippen LogP contribution in [0.4, 0.5) is 9.59 Å². The second kappa shape index (κ2) is 15.7. The summed E-state index contributed by atoms with van der Waals surface area (Å²) in [5, 5.41) is 36.9. The van der Waals surface area contributed by atoms with Gasteiger partial charge in [0.15, 0.2) is 17.5 Å². The van der Waals surface area contributed by atoms with E-state index in [9.17, 15) is 34.5 Å². The van der Waals surface area contributed by atoms with Crippen molar-refractivity contribution in [3.05, 3.63) is 47.0 Å². The number of hydrogen-bond donors (Lipinski definition) is 3. The minimum atomic E-state index is -2.85. The van der Waals surface area contributed by atoms with Gasteiger partial charge >= 0.3 is 24.2 Å². The van der Waals surface area contributed by atoms with Gasteiger partial charge in [-0.15, -0.1) is 0 Å². The normalized spacial score (nSPS) is 35.0. The van der Waals surface area contributed by atoms with Crippen molar-refractivity contribution >= 4 is 99.6 Å². The first kappa shape index (κ1) is 44.8. The van der Waals surface area contributed by atoms with Gasteiger partial charge in [-0.05, 0) is 37.1 Å². The van der Waals surface area contributed by atoms with Crippen LogP contribution in [0.15, 0.2) is 41.5 Å². The van der Waals surface area contributed by atoms with E-state index in [1.807, 2.05) is 0 Å². The van der Waals surface area contributed by atoms with Gasteiger partial charge < -0.3 is 48.5 Å². The van der Waals surface area contributed by atoms with E-state index in [1.165, 1.54) is 52.0 Å². The molecule has 1 aromatic rings. The minimum absolute atomic E-state index is 0.0402. The fourth-order valence-corrected chi connectivity index (χ4v) is 8.91. The molecule has 0 amide bonds. The smallest absolute Gasteiger partial charge is 0.455 e. The highest BCUT2D eigenvalue weighted by Crippen LogP contribution is 2.64. The molecule has 2 saturated carbocycles. The minimum Gasteiger partial charge on any atom is -0.455 e. The number of benzene rings is 1. The summed E-state index contributed by atoms with van der Waals surface area (Å²) in [6, 6.07) is 7.46. The quantitative estimate of drug-likeness (QED) is 0.140. The molecule has 0 spiro atoms. The zero-order chi connectivity index (χ0) is 42.0. The van der Waals surface area contributed by atoms with E-state index in [2.05, 4.69) is 0 Å². The number of aliphatic hydroxyl groups excluding tert-OH is 2. The molecule has 310 valence electrons. The lowest BCUT2D eigenvalue weighted by Crippen LogP contribution is -2.83. The number of halogens is 6. The molecule has 0 radical (unpaired) electrons. The number of Topliss-reactive ketones (excluding diaryl/α,β-unsaturated/α-hetero) is 1. The van der Waals surface area contributed by atoms with Crippen LogP contribution in [0.3, 0.4) is 0 Å². The Morgan fingerprint density at radius 1 is 0.893 bits per heavy atom. The van der Waals surface area contributed by atoms with Gasteiger partial charge in [0, 0.05) is 18.8 Å². The third-order valence-corrected chi connectivity index (χ3v) is 11.8. The molecule has 21 heteroatoms. The highest BCUT2D eigenvalue weighted by molar-refractivity contribution is 6.68. The standard InChI is InChI=1S/C35H38Cl6O15/c1-15-20-22(54-29(48)52-14-34(39,40)41)25(45)31(5)18(53-28(47)51-13-33(36,37)38)11-19-32(12-50-19,56-16(2)42)23(31)26(55-27(46)17-9-7-6-8-10-17)35(49,30(20,3)4)24(44)21(15)43/h6-10,18-19,21-24,26,43-44,49H,11-14H2,1-5H3/t18-,19+,21+,22+,23-,24-,26-,31+,32-,35+/m0/s1. The van der Waals surface area contributed by atoms with E-state index >= 15 is 4.79 Å². The Bertz CT molecular complexity index is 1780. The molecule has 10 atom stereocenters. The van der Waals surface area contributed by atoms with Crippen LogP contribution in [-0.4, -0.2) is 121 Å². The van der Waals surface area contributed by atoms with Gasteiger partial charge in [-0.2, -0.15) is 0 Å². The summed E-state index contributed by atoms with van der Waals surface area (Å²) in [4.78, 5) is 69.3. The van der Waals surface area contributed by atoms with Gasteiger partial charge in [0.05, 0.1) is 23.5 Å². The largest absolute Gasteiger partial charge is 0.509 e. The fourth-order valence-electron chi connectivity index (χ4n) is 8.58. The van der Waals surface area contributed by atoms with E-state index in [-0.39, 0.29) is 16.7 Å². The lowest BCUT2D eigenvalue weighted by Gasteiger charge is -2.68. The number of carbonyl (C=O) groups is 5. The van der Waals surface area contributed by atoms with Gasteiger partial charge in [-0.3, -0.25) is 9.59 Å². The molecule has 2 bridgehead atoms. The lowest BCUT2D eigenvalue weighted by molar-refractivity contribution is -0.352. The number of fused-ring (bicyclic) bond motifs is 5. The van der Waals surface area contributed by atoms with E-state index in [4.69, 9.17) is 103 Å². The van der Waals surface area contributed by atoms with Gasteiger partial charge in [0.1, 0.15) is 49.3 Å². The zero-order valence-corrected chi connectivity index (χ0v) is 34.8. The van der Waals surface area contributed by atoms with Crippen molar-refractivity contribution in [3.8, 4) is 0 Å². The monoisotopic (exact) mass is 908 g/mol. The lowest BCUT2D eigenvalue weighted by atomic mass is 9.44. The topological polar surface area (TPSA) is 211 Å². The van der Waals surface area contributed by atoms with Gasteiger partial charge in [-0.25, -0.2) is 14.4 Å². The highest BCUT2D eigenvalue weighted by Gasteiger charge is 2.80. The van der Waals surface area contributed by atoms with Crippen LogP contribution >= 0.6 is 69.6 Å². The molecular formula is C35H38Cl6O15. The van der Waals surface area contributed by atoms with Gasteiger partial charge in [0.25, 0.3) is 0 Å². The summed E-state index contributed by atoms with van der Waals surface area (Å²) < 4.78 is 35.2. The van der Waals surface area contributed by atoms with Crippen molar-refractivity contribution in [2.75, 3.05) is 19.8 Å². The molecule has 1 aromatic carbocycles. The highest BCUT2D eigenvalue weighted by atomic mass is 35.6. The van der Waals surface area contributed by atoms with Crippen LogP contribution in [-0.2, 0) is 42.7 Å². The number of ketones is 1. The predicted molar refractivity (Wildman–Crippen MR) is 198 cm³/mol. The van der Waals surface area contributed by atoms with Gasteiger partial charge in [-0.1, -0.05) is 102 Å². The summed E-state index contributed by atoms with van der Waals surface area (Å²) in [5.41, 5.74) is -9.62. The summed E-state index contributed by atoms with van der Waals surface area (Å²) >= 11 is 34.7. The van der Waals surface area contributed by atoms with Crippen molar-refractivity contribution in [1.82, 2.24) is 0 Å². The molecule has 1 saturated heterocycles. The fraction of sp³-hybridized carbons (Fsp3) is 0.629. The van der Waals surface area contributed by atoms with E-state index in [0.717, 1.165) is 6.92 Å². The second-order valence-corrected chi connectivity index (χ2v) is 19.8. The maximum absolute atomic E-state index is 15.6. The molecular weight excluding hydrogens is 873 g/mol. The third kappa shape index (κ3) is 7.90. The first-order chi connectivity index (χ1) is 25.7. The average molecular weight is 911 g/mol. The maximum Gasteiger partial charge on any atom is 0.509 e. The number of hydrogen-bond acceptors (Lipinski definition) is 15. The Kier molecular flexibility index (Phi) is 12.6. The van der Waals surface area contributed by atoms with E-state index in [1.54, 1.807) is 6.07 Å². The SMILES string of the molecule is CC(=O)O[C@@]12CO[C@@H]1C[C@H](OC(=O)OCC(Cl)(Cl)Cl)[C@@]1(C)C(=O)[C@H](OC(=O)OCC(Cl)(Cl)Cl)C3=C(C)[C@@H](O)[C@H](O)[C@@](O)([C@@H](OC(=O)c4ccccc4)[C@H]21)C3(C)C. The molecule has 0 unspecified atom stereocenters. The number of esters is 2. The van der Waals surface area contributed by atoms with E-state index in [0.29, 0.717) is 0 Å². The van der Waals surface area contributed by atoms with Crippen LogP contribution in [0, 0.1) is 16.7 Å². The summed E-state index contributed by atoms with van der Waals surface area (Å²) in [7, 11) is 0. The van der Waals surface area contributed by atoms with Crippen LogP contribution in [0.25, 0.3) is 0 Å². The number of rotatable bonds is 7. The van der Waals surface area contributed by atoms with Crippen molar-refractivity contribution < 1.29 is 72.5 Å². The zero-order valence-electron chi connectivity index (χ0n) is 30.3. The first-order valence-corrected chi connectivity index (χ1v) is 19.2. The Labute approximate surface area is 350 Å². The Morgan fingerprint density at radius 2 is 1.45 bits per heavy atom. The van der Waals surface area contributed by atoms with Crippen molar-refractivity contribution in [2.45, 2.75) is 96.5 Å². The van der Waals surface area contributed by atoms with Crippen molar-refractivity contribution in [1.29, 1.82) is 0 Å². The van der Waals surface area contributed by atoms with Crippen LogP contribution in [0.1, 0.15) is 51.4 Å². The molecule has 3 aliphatic carbocycles. The average Bonchev–Trinajstić information content (AvgIpc) is 3.09. The summed E-state index contributed by atoms with van der Waals surface area (Å²) in [6.45, 7) is 4.17. The number of aliphatic hydroxyl groups is 3. The Hall–Kier alpha value is -2.31.